The first-order valence-corrected chi connectivity index (χ1v) is 7.02. The second-order valence-corrected chi connectivity index (χ2v) is 5.10. The molecule has 0 bridgehead atoms. The highest BCUT2D eigenvalue weighted by atomic mass is 16.5. The predicted molar refractivity (Wildman–Crippen MR) is 83.0 cm³/mol. The summed E-state index contributed by atoms with van der Waals surface area (Å²) in [5.74, 6) is -0.456. The second kappa shape index (κ2) is 5.83. The van der Waals surface area contributed by atoms with Gasteiger partial charge in [-0.15, -0.1) is 0 Å². The molecule has 0 amide bonds. The van der Waals surface area contributed by atoms with Crippen molar-refractivity contribution in [3.8, 4) is 0 Å². The number of rotatable bonds is 4. The number of nitrogens with one attached hydrogen (secondary N) is 1. The van der Waals surface area contributed by atoms with Crippen molar-refractivity contribution in [2.24, 2.45) is 0 Å². The fourth-order valence-corrected chi connectivity index (χ4v) is 2.40. The summed E-state index contributed by atoms with van der Waals surface area (Å²) in [6.07, 6.45) is 1.89. The van der Waals surface area contributed by atoms with Crippen molar-refractivity contribution in [1.82, 2.24) is 4.98 Å². The molecule has 0 saturated heterocycles. The van der Waals surface area contributed by atoms with Gasteiger partial charge in [0.2, 0.25) is 0 Å². The largest absolute Gasteiger partial charge is 0.460 e. The Morgan fingerprint density at radius 3 is 2.62 bits per heavy atom. The summed E-state index contributed by atoms with van der Waals surface area (Å²) in [4.78, 5) is 15.3. The van der Waals surface area contributed by atoms with Crippen molar-refractivity contribution in [3.05, 3.63) is 71.9 Å². The Morgan fingerprint density at radius 2 is 1.81 bits per heavy atom. The number of ether oxygens (including phenoxy) is 1. The summed E-state index contributed by atoms with van der Waals surface area (Å²) in [7, 11) is 0. The Balaban J connectivity index is 1.69. The first-order chi connectivity index (χ1) is 10.3. The van der Waals surface area contributed by atoms with Crippen LogP contribution in [-0.2, 0) is 16.1 Å². The molecule has 2 aromatic carbocycles. The van der Waals surface area contributed by atoms with Crippen LogP contribution in [0.15, 0.2) is 60.8 Å². The minimum Gasteiger partial charge on any atom is -0.460 e. The number of fused-ring (bicyclic) bond motifs is 1. The molecule has 1 unspecified atom stereocenters. The fraction of sp³-hybridized carbons (Fsp3) is 0.167. The number of para-hydroxylation sites is 1. The van der Waals surface area contributed by atoms with Crippen LogP contribution in [0, 0.1) is 0 Å². The Kier molecular flexibility index (Phi) is 3.73. The molecule has 3 heteroatoms. The van der Waals surface area contributed by atoms with Gasteiger partial charge in [0, 0.05) is 22.7 Å². The summed E-state index contributed by atoms with van der Waals surface area (Å²) >= 11 is 0. The van der Waals surface area contributed by atoms with Gasteiger partial charge in [0.05, 0.1) is 5.92 Å². The maximum atomic E-state index is 12.1. The van der Waals surface area contributed by atoms with Crippen LogP contribution >= 0.6 is 0 Å². The van der Waals surface area contributed by atoms with Crippen LogP contribution in [0.25, 0.3) is 10.9 Å². The lowest BCUT2D eigenvalue weighted by molar-refractivity contribution is -0.146. The number of carbonyl (C=O) groups excluding carboxylic acids is 1. The van der Waals surface area contributed by atoms with E-state index in [1.54, 1.807) is 0 Å². The quantitative estimate of drug-likeness (QED) is 0.733. The summed E-state index contributed by atoms with van der Waals surface area (Å²) in [6.45, 7) is 2.16. The maximum Gasteiger partial charge on any atom is 0.313 e. The summed E-state index contributed by atoms with van der Waals surface area (Å²) in [6, 6.07) is 17.7. The summed E-state index contributed by atoms with van der Waals surface area (Å²) in [5.41, 5.74) is 3.03. The number of carbonyl (C=O) groups is 1. The van der Waals surface area contributed by atoms with E-state index in [4.69, 9.17) is 4.74 Å². The first-order valence-electron chi connectivity index (χ1n) is 7.02. The van der Waals surface area contributed by atoms with Crippen molar-refractivity contribution in [3.63, 3.8) is 0 Å². The fourth-order valence-electron chi connectivity index (χ4n) is 2.40. The molecule has 3 aromatic rings. The molecule has 0 aliphatic carbocycles. The van der Waals surface area contributed by atoms with Gasteiger partial charge in [-0.3, -0.25) is 4.79 Å². The predicted octanol–water partition coefficient (Wildman–Crippen LogP) is 4.01. The van der Waals surface area contributed by atoms with Crippen molar-refractivity contribution in [2.75, 3.05) is 0 Å². The maximum absolute atomic E-state index is 12.1. The number of benzene rings is 2. The minimum atomic E-state index is -0.253. The molecule has 1 N–H and O–H groups in total. The van der Waals surface area contributed by atoms with Crippen LogP contribution < -0.4 is 0 Å². The normalized spacial score (nSPS) is 12.2. The Hall–Kier alpha value is -2.55. The van der Waals surface area contributed by atoms with E-state index in [-0.39, 0.29) is 11.9 Å². The van der Waals surface area contributed by atoms with Gasteiger partial charge in [0.1, 0.15) is 6.61 Å². The van der Waals surface area contributed by atoms with Crippen LogP contribution in [0.5, 0.6) is 0 Å². The van der Waals surface area contributed by atoms with Gasteiger partial charge in [-0.1, -0.05) is 48.5 Å². The zero-order valence-electron chi connectivity index (χ0n) is 11.9. The third-order valence-corrected chi connectivity index (χ3v) is 3.70. The highest BCUT2D eigenvalue weighted by Gasteiger charge is 2.17. The average molecular weight is 279 g/mol. The van der Waals surface area contributed by atoms with Crippen LogP contribution in [0.3, 0.4) is 0 Å². The van der Waals surface area contributed by atoms with E-state index in [9.17, 15) is 4.79 Å². The monoisotopic (exact) mass is 279 g/mol. The lowest BCUT2D eigenvalue weighted by atomic mass is 10.0. The molecule has 1 heterocycles. The van der Waals surface area contributed by atoms with Crippen LogP contribution in [0.2, 0.25) is 0 Å². The van der Waals surface area contributed by atoms with E-state index in [2.05, 4.69) is 4.98 Å². The van der Waals surface area contributed by atoms with Crippen molar-refractivity contribution in [1.29, 1.82) is 0 Å². The van der Waals surface area contributed by atoms with E-state index in [1.165, 1.54) is 0 Å². The third kappa shape index (κ3) is 2.82. The standard InChI is InChI=1S/C18H17NO2/c1-13(14-7-3-2-4-8-14)18(20)21-12-15-11-19-17-10-6-5-9-16(15)17/h2-11,13,19H,12H2,1H3. The van der Waals surface area contributed by atoms with Gasteiger partial charge >= 0.3 is 5.97 Å². The Labute approximate surface area is 123 Å². The van der Waals surface area contributed by atoms with Gasteiger partial charge in [0.15, 0.2) is 0 Å². The molecule has 1 aromatic heterocycles. The molecule has 0 aliphatic rings. The smallest absolute Gasteiger partial charge is 0.313 e. The molecular formula is C18H17NO2. The molecule has 106 valence electrons. The molecule has 1 atom stereocenters. The minimum absolute atomic E-state index is 0.202. The number of hydrogen-bond acceptors (Lipinski definition) is 2. The lowest BCUT2D eigenvalue weighted by Gasteiger charge is -2.11. The summed E-state index contributed by atoms with van der Waals surface area (Å²) < 4.78 is 5.45. The zero-order chi connectivity index (χ0) is 14.7. The number of aromatic nitrogens is 1. The van der Waals surface area contributed by atoms with Gasteiger partial charge in [0.25, 0.3) is 0 Å². The van der Waals surface area contributed by atoms with Gasteiger partial charge in [-0.2, -0.15) is 0 Å². The summed E-state index contributed by atoms with van der Waals surface area (Å²) in [5, 5.41) is 1.10. The van der Waals surface area contributed by atoms with Crippen LogP contribution in [0.1, 0.15) is 24.0 Å². The molecule has 3 rings (SSSR count). The van der Waals surface area contributed by atoms with Crippen LogP contribution in [0.4, 0.5) is 0 Å². The molecule has 21 heavy (non-hydrogen) atoms. The molecule has 0 aliphatic heterocycles. The van der Waals surface area contributed by atoms with E-state index >= 15 is 0 Å². The van der Waals surface area contributed by atoms with Gasteiger partial charge in [-0.05, 0) is 18.6 Å². The zero-order valence-corrected chi connectivity index (χ0v) is 11.9. The van der Waals surface area contributed by atoms with Crippen molar-refractivity contribution < 1.29 is 9.53 Å². The van der Waals surface area contributed by atoms with E-state index in [1.807, 2.05) is 67.7 Å². The number of esters is 1. The second-order valence-electron chi connectivity index (χ2n) is 5.10. The van der Waals surface area contributed by atoms with E-state index < -0.39 is 0 Å². The first kappa shape index (κ1) is 13.4. The van der Waals surface area contributed by atoms with Crippen molar-refractivity contribution in [2.45, 2.75) is 19.4 Å². The molecule has 0 radical (unpaired) electrons. The SMILES string of the molecule is CC(C(=O)OCc1c[nH]c2ccccc12)c1ccccc1. The molecule has 3 nitrogen and oxygen atoms in total. The average Bonchev–Trinajstić information content (AvgIpc) is 2.96. The molecule has 0 spiro atoms. The molecule has 0 saturated carbocycles. The van der Waals surface area contributed by atoms with Crippen LogP contribution in [-0.4, -0.2) is 11.0 Å². The number of hydrogen-bond donors (Lipinski definition) is 1. The van der Waals surface area contributed by atoms with Gasteiger partial charge in [-0.25, -0.2) is 0 Å². The Bertz CT molecular complexity index is 746. The Morgan fingerprint density at radius 1 is 1.10 bits per heavy atom. The molecule has 0 fully saturated rings. The number of H-pyrrole nitrogens is 1. The third-order valence-electron chi connectivity index (χ3n) is 3.70. The highest BCUT2D eigenvalue weighted by molar-refractivity contribution is 5.83. The molecular weight excluding hydrogens is 262 g/mol. The topological polar surface area (TPSA) is 42.1 Å². The lowest BCUT2D eigenvalue weighted by Crippen LogP contribution is -2.12. The number of aromatic amines is 1. The van der Waals surface area contributed by atoms with Crippen molar-refractivity contribution >= 4 is 16.9 Å². The van der Waals surface area contributed by atoms with Gasteiger partial charge < -0.3 is 9.72 Å². The highest BCUT2D eigenvalue weighted by Crippen LogP contribution is 2.21. The van der Waals surface area contributed by atoms with E-state index in [0.29, 0.717) is 6.61 Å². The van der Waals surface area contributed by atoms with E-state index in [0.717, 1.165) is 22.0 Å².